The van der Waals surface area contributed by atoms with E-state index in [1.165, 1.54) is 0 Å². The van der Waals surface area contributed by atoms with Gasteiger partial charge in [-0.05, 0) is 12.1 Å². The Bertz CT molecular complexity index is 196. The number of aromatic nitrogens is 1. The first-order valence-corrected chi connectivity index (χ1v) is 3.58. The third-order valence-electron chi connectivity index (χ3n) is 1.16. The van der Waals surface area contributed by atoms with E-state index in [9.17, 15) is 0 Å². The largest absolute Gasteiger partial charge is 0.368 e. The maximum absolute atomic E-state index is 2.86. The van der Waals surface area contributed by atoms with Gasteiger partial charge in [0.05, 0.1) is 0 Å². The maximum Gasteiger partial charge on any atom is 0.000496 e. The molecule has 0 saturated heterocycles. The molecule has 0 spiro atoms. The van der Waals surface area contributed by atoms with Gasteiger partial charge in [-0.2, -0.15) is 0 Å². The highest BCUT2D eigenvalue weighted by Gasteiger charge is 1.58. The third-order valence-corrected chi connectivity index (χ3v) is 1.16. The molecule has 0 radical (unpaired) electrons. The van der Waals surface area contributed by atoms with Crippen LogP contribution in [0.3, 0.4) is 0 Å². The van der Waals surface area contributed by atoms with Crippen molar-refractivity contribution in [3.05, 3.63) is 60.9 Å². The van der Waals surface area contributed by atoms with Crippen molar-refractivity contribution >= 4 is 12.4 Å². The van der Waals surface area contributed by atoms with Gasteiger partial charge in [-0.15, -0.1) is 12.4 Å². The van der Waals surface area contributed by atoms with Gasteiger partial charge in [0.1, 0.15) is 0 Å². The van der Waals surface area contributed by atoms with E-state index in [2.05, 4.69) is 4.98 Å². The van der Waals surface area contributed by atoms with Gasteiger partial charge >= 0.3 is 0 Å². The highest BCUT2D eigenvalue weighted by molar-refractivity contribution is 5.85. The summed E-state index contributed by atoms with van der Waals surface area (Å²) in [5, 5.41) is 0. The quantitative estimate of drug-likeness (QED) is 0.643. The van der Waals surface area contributed by atoms with Gasteiger partial charge in [-0.3, -0.25) is 0 Å². The summed E-state index contributed by atoms with van der Waals surface area (Å²) in [6.45, 7) is 0. The van der Waals surface area contributed by atoms with Crippen molar-refractivity contribution in [1.29, 1.82) is 0 Å². The Balaban J connectivity index is 0.000000189. The van der Waals surface area contributed by atoms with Crippen LogP contribution in [-0.2, 0) is 0 Å². The molecule has 0 atom stereocenters. The molecule has 2 aromatic rings. The Morgan fingerprint density at radius 3 is 1.00 bits per heavy atom. The number of hydrogen-bond donors (Lipinski definition) is 1. The molecule has 64 valence electrons. The summed E-state index contributed by atoms with van der Waals surface area (Å²) in [7, 11) is 0. The number of H-pyrrole nitrogens is 1. The topological polar surface area (TPSA) is 15.8 Å². The summed E-state index contributed by atoms with van der Waals surface area (Å²) in [5.41, 5.74) is 0. The van der Waals surface area contributed by atoms with Gasteiger partial charge in [0, 0.05) is 12.4 Å². The summed E-state index contributed by atoms with van der Waals surface area (Å²) in [5.74, 6) is 0. The van der Waals surface area contributed by atoms with Crippen molar-refractivity contribution in [3.8, 4) is 0 Å². The fourth-order valence-corrected chi connectivity index (χ4v) is 0.663. The molecule has 1 N–H and O–H groups in total. The lowest BCUT2D eigenvalue weighted by Crippen LogP contribution is -1.47. The molecule has 12 heavy (non-hydrogen) atoms. The zero-order valence-corrected chi connectivity index (χ0v) is 7.50. The molecule has 0 aliphatic carbocycles. The van der Waals surface area contributed by atoms with Crippen LogP contribution < -0.4 is 0 Å². The summed E-state index contributed by atoms with van der Waals surface area (Å²) in [4.78, 5) is 2.86. The maximum atomic E-state index is 2.86. The minimum absolute atomic E-state index is 0. The van der Waals surface area contributed by atoms with Crippen LogP contribution in [0.2, 0.25) is 0 Å². The molecule has 0 aliphatic heterocycles. The Hall–Kier alpha value is -1.21. The second-order valence-electron chi connectivity index (χ2n) is 2.04. The number of hydrogen-bond acceptors (Lipinski definition) is 0. The first kappa shape index (κ1) is 10.8. The Labute approximate surface area is 78.9 Å². The Morgan fingerprint density at radius 1 is 0.500 bits per heavy atom. The van der Waals surface area contributed by atoms with E-state index < -0.39 is 0 Å². The zero-order valence-electron chi connectivity index (χ0n) is 6.68. The first-order chi connectivity index (χ1) is 5.50. The monoisotopic (exact) mass is 181 g/mol. The van der Waals surface area contributed by atoms with Crippen molar-refractivity contribution in [2.24, 2.45) is 0 Å². The fraction of sp³-hybridized carbons (Fsp3) is 0. The average Bonchev–Trinajstić information content (AvgIpc) is 2.64. The Kier molecular flexibility index (Phi) is 7.10. The second-order valence-corrected chi connectivity index (χ2v) is 2.04. The van der Waals surface area contributed by atoms with Gasteiger partial charge in [0.25, 0.3) is 0 Å². The number of rotatable bonds is 0. The van der Waals surface area contributed by atoms with E-state index in [4.69, 9.17) is 0 Å². The fourth-order valence-electron chi connectivity index (χ4n) is 0.663. The molecule has 2 rings (SSSR count). The third kappa shape index (κ3) is 5.57. The van der Waals surface area contributed by atoms with Crippen LogP contribution in [0, 0.1) is 0 Å². The van der Waals surface area contributed by atoms with Crippen LogP contribution in [-0.4, -0.2) is 4.98 Å². The number of nitrogens with one attached hydrogen (secondary N) is 1. The van der Waals surface area contributed by atoms with Crippen LogP contribution in [0.15, 0.2) is 60.9 Å². The smallest absolute Gasteiger partial charge is 0.000496 e. The van der Waals surface area contributed by atoms with Crippen molar-refractivity contribution in [2.45, 2.75) is 0 Å². The van der Waals surface area contributed by atoms with E-state index in [1.54, 1.807) is 0 Å². The van der Waals surface area contributed by atoms with E-state index in [0.29, 0.717) is 0 Å². The van der Waals surface area contributed by atoms with Crippen LogP contribution in [0.1, 0.15) is 0 Å². The van der Waals surface area contributed by atoms with Crippen LogP contribution >= 0.6 is 12.4 Å². The van der Waals surface area contributed by atoms with Gasteiger partial charge in [-0.25, -0.2) is 0 Å². The SMILES string of the molecule is Cl.c1cc[nH]c1.c1ccccc1. The second kappa shape index (κ2) is 7.89. The molecule has 0 aliphatic rings. The van der Waals surface area contributed by atoms with Crippen LogP contribution in [0.25, 0.3) is 0 Å². The Morgan fingerprint density at radius 2 is 0.833 bits per heavy atom. The van der Waals surface area contributed by atoms with Gasteiger partial charge < -0.3 is 4.98 Å². The van der Waals surface area contributed by atoms with Crippen LogP contribution in [0.4, 0.5) is 0 Å². The van der Waals surface area contributed by atoms with E-state index in [0.717, 1.165) is 0 Å². The standard InChI is InChI=1S/C6H6.C4H5N.ClH/c1-2-4-6-5-3-1;1-2-4-5-3-1;/h1-6H;1-5H;1H. The molecule has 0 fully saturated rings. The first-order valence-electron chi connectivity index (χ1n) is 3.58. The zero-order chi connectivity index (χ0) is 7.78. The molecule has 0 bridgehead atoms. The highest BCUT2D eigenvalue weighted by Crippen LogP contribution is 1.79. The molecule has 2 heteroatoms. The molecule has 0 unspecified atom stereocenters. The molecular formula is C10H12ClN. The summed E-state index contributed by atoms with van der Waals surface area (Å²) < 4.78 is 0. The summed E-state index contributed by atoms with van der Waals surface area (Å²) >= 11 is 0. The molecule has 1 aromatic carbocycles. The minimum Gasteiger partial charge on any atom is -0.368 e. The van der Waals surface area contributed by atoms with Crippen molar-refractivity contribution in [1.82, 2.24) is 4.98 Å². The summed E-state index contributed by atoms with van der Waals surface area (Å²) in [6.07, 6.45) is 3.75. The van der Waals surface area contributed by atoms with Gasteiger partial charge in [-0.1, -0.05) is 36.4 Å². The molecule has 1 aromatic heterocycles. The molecule has 0 amide bonds. The lowest BCUT2D eigenvalue weighted by Gasteiger charge is -1.69. The lowest BCUT2D eigenvalue weighted by molar-refractivity contribution is 1.42. The van der Waals surface area contributed by atoms with Crippen molar-refractivity contribution < 1.29 is 0 Å². The minimum atomic E-state index is 0. The average molecular weight is 182 g/mol. The van der Waals surface area contributed by atoms with E-state index in [-0.39, 0.29) is 12.4 Å². The van der Waals surface area contributed by atoms with Crippen LogP contribution in [0.5, 0.6) is 0 Å². The number of aromatic amines is 1. The predicted octanol–water partition coefficient (Wildman–Crippen LogP) is 3.12. The molecule has 1 nitrogen and oxygen atoms in total. The number of benzene rings is 1. The lowest BCUT2D eigenvalue weighted by atomic mass is 10.4. The highest BCUT2D eigenvalue weighted by atomic mass is 35.5. The number of halogens is 1. The molecular weight excluding hydrogens is 170 g/mol. The van der Waals surface area contributed by atoms with E-state index in [1.807, 2.05) is 60.9 Å². The summed E-state index contributed by atoms with van der Waals surface area (Å²) in [6, 6.07) is 15.9. The van der Waals surface area contributed by atoms with Crippen molar-refractivity contribution in [3.63, 3.8) is 0 Å². The van der Waals surface area contributed by atoms with Gasteiger partial charge in [0.15, 0.2) is 0 Å². The van der Waals surface area contributed by atoms with E-state index >= 15 is 0 Å². The predicted molar refractivity (Wildman–Crippen MR) is 54.5 cm³/mol. The normalized spacial score (nSPS) is 7.33. The molecule has 0 saturated carbocycles. The molecule has 1 heterocycles. The van der Waals surface area contributed by atoms with Crippen molar-refractivity contribution in [2.75, 3.05) is 0 Å². The van der Waals surface area contributed by atoms with Gasteiger partial charge in [0.2, 0.25) is 0 Å².